The number of halogens is 1. The van der Waals surface area contributed by atoms with Gasteiger partial charge in [0.25, 0.3) is 0 Å². The highest BCUT2D eigenvalue weighted by atomic mass is 19.1. The quantitative estimate of drug-likeness (QED) is 0.914. The molecular weight excluding hydrogens is 243 g/mol. The van der Waals surface area contributed by atoms with Crippen molar-refractivity contribution in [2.45, 2.75) is 13.0 Å². The van der Waals surface area contributed by atoms with Crippen LogP contribution in [0.5, 0.6) is 11.5 Å². The molecule has 4 heteroatoms. The number of nitriles is 1. The number of benzene rings is 2. The highest BCUT2D eigenvalue weighted by molar-refractivity contribution is 5.40. The summed E-state index contributed by atoms with van der Waals surface area (Å²) in [6.45, 7) is 1.78. The number of nitrogens with zero attached hydrogens (tertiary/aromatic N) is 1. The lowest BCUT2D eigenvalue weighted by molar-refractivity contribution is 0.441. The van der Waals surface area contributed by atoms with Gasteiger partial charge >= 0.3 is 0 Å². The summed E-state index contributed by atoms with van der Waals surface area (Å²) < 4.78 is 19.3. The zero-order valence-corrected chi connectivity index (χ0v) is 10.4. The molecule has 0 radical (unpaired) electrons. The van der Waals surface area contributed by atoms with E-state index in [1.165, 1.54) is 12.1 Å². The van der Waals surface area contributed by atoms with Crippen molar-refractivity contribution >= 4 is 0 Å². The molecule has 19 heavy (non-hydrogen) atoms. The molecule has 0 heterocycles. The van der Waals surface area contributed by atoms with E-state index < -0.39 is 5.82 Å². The molecule has 0 aliphatic heterocycles. The first-order valence-electron chi connectivity index (χ1n) is 5.83. The van der Waals surface area contributed by atoms with Gasteiger partial charge in [-0.25, -0.2) is 4.39 Å². The molecule has 3 nitrogen and oxygen atoms in total. The summed E-state index contributed by atoms with van der Waals surface area (Å²) in [5.41, 5.74) is 6.85. The van der Waals surface area contributed by atoms with Crippen molar-refractivity contribution in [3.05, 3.63) is 59.4 Å². The van der Waals surface area contributed by atoms with Gasteiger partial charge in [-0.05, 0) is 42.8 Å². The Hall–Kier alpha value is -2.38. The SMILES string of the molecule is C[C@H](N)c1ccc(Oc2cccc(C#N)c2)c(F)c1. The molecule has 96 valence electrons. The van der Waals surface area contributed by atoms with Gasteiger partial charge in [0.05, 0.1) is 11.6 Å². The van der Waals surface area contributed by atoms with Crippen LogP contribution in [0.25, 0.3) is 0 Å². The molecule has 0 amide bonds. The number of nitrogens with two attached hydrogens (primary N) is 1. The van der Waals surface area contributed by atoms with Gasteiger partial charge < -0.3 is 10.5 Å². The molecule has 0 aliphatic carbocycles. The van der Waals surface area contributed by atoms with E-state index in [0.717, 1.165) is 0 Å². The summed E-state index contributed by atoms with van der Waals surface area (Å²) in [6, 6.07) is 12.9. The zero-order chi connectivity index (χ0) is 13.8. The number of ether oxygens (including phenoxy) is 1. The Morgan fingerprint density at radius 3 is 2.68 bits per heavy atom. The Kier molecular flexibility index (Phi) is 3.79. The molecule has 0 fully saturated rings. The summed E-state index contributed by atoms with van der Waals surface area (Å²) in [5, 5.41) is 8.79. The highest BCUT2D eigenvalue weighted by Crippen LogP contribution is 2.26. The van der Waals surface area contributed by atoms with Crippen molar-refractivity contribution < 1.29 is 9.13 Å². The van der Waals surface area contributed by atoms with Crippen LogP contribution in [0.3, 0.4) is 0 Å². The summed E-state index contributed by atoms with van der Waals surface area (Å²) >= 11 is 0. The lowest BCUT2D eigenvalue weighted by Gasteiger charge is -2.10. The minimum atomic E-state index is -0.475. The molecule has 2 N–H and O–H groups in total. The third kappa shape index (κ3) is 3.09. The molecule has 0 aliphatic rings. The lowest BCUT2D eigenvalue weighted by Crippen LogP contribution is -2.05. The van der Waals surface area contributed by atoms with Crippen LogP contribution in [0.4, 0.5) is 4.39 Å². The predicted molar refractivity (Wildman–Crippen MR) is 70.2 cm³/mol. The first-order chi connectivity index (χ1) is 9.10. The zero-order valence-electron chi connectivity index (χ0n) is 10.4. The molecule has 2 rings (SSSR count). The molecule has 0 unspecified atom stereocenters. The van der Waals surface area contributed by atoms with Gasteiger partial charge in [-0.15, -0.1) is 0 Å². The minimum Gasteiger partial charge on any atom is -0.454 e. The maximum Gasteiger partial charge on any atom is 0.166 e. The standard InChI is InChI=1S/C15H13FN2O/c1-10(18)12-5-6-15(14(16)8-12)19-13-4-2-3-11(7-13)9-17/h2-8,10H,18H2,1H3/t10-/m0/s1. The molecule has 0 saturated carbocycles. The van der Waals surface area contributed by atoms with E-state index in [4.69, 9.17) is 15.7 Å². The molecule has 2 aromatic carbocycles. The van der Waals surface area contributed by atoms with Crippen LogP contribution >= 0.6 is 0 Å². The van der Waals surface area contributed by atoms with Crippen LogP contribution in [0.15, 0.2) is 42.5 Å². The Labute approximate surface area is 111 Å². The van der Waals surface area contributed by atoms with E-state index in [0.29, 0.717) is 16.9 Å². The second-order valence-corrected chi connectivity index (χ2v) is 4.22. The Balaban J connectivity index is 2.26. The molecule has 2 aromatic rings. The Morgan fingerprint density at radius 2 is 2.05 bits per heavy atom. The van der Waals surface area contributed by atoms with Crippen molar-refractivity contribution in [1.29, 1.82) is 5.26 Å². The van der Waals surface area contributed by atoms with Crippen LogP contribution in [0.2, 0.25) is 0 Å². The van der Waals surface area contributed by atoms with E-state index in [1.807, 2.05) is 6.07 Å². The molecule has 0 aromatic heterocycles. The fourth-order valence-electron chi connectivity index (χ4n) is 1.64. The van der Waals surface area contributed by atoms with Crippen molar-refractivity contribution in [1.82, 2.24) is 0 Å². The number of rotatable bonds is 3. The van der Waals surface area contributed by atoms with E-state index in [-0.39, 0.29) is 11.8 Å². The minimum absolute atomic E-state index is 0.111. The summed E-state index contributed by atoms with van der Waals surface area (Å²) in [4.78, 5) is 0. The fourth-order valence-corrected chi connectivity index (χ4v) is 1.64. The second-order valence-electron chi connectivity index (χ2n) is 4.22. The Morgan fingerprint density at radius 1 is 1.26 bits per heavy atom. The van der Waals surface area contributed by atoms with Crippen LogP contribution in [0, 0.1) is 17.1 Å². The van der Waals surface area contributed by atoms with Gasteiger partial charge in [0, 0.05) is 6.04 Å². The van der Waals surface area contributed by atoms with E-state index >= 15 is 0 Å². The van der Waals surface area contributed by atoms with Crippen molar-refractivity contribution in [3.8, 4) is 17.6 Å². The van der Waals surface area contributed by atoms with Crippen LogP contribution in [-0.2, 0) is 0 Å². The van der Waals surface area contributed by atoms with Gasteiger partial charge in [0.15, 0.2) is 11.6 Å². The second kappa shape index (κ2) is 5.51. The van der Waals surface area contributed by atoms with Crippen LogP contribution in [0.1, 0.15) is 24.1 Å². The van der Waals surface area contributed by atoms with Crippen molar-refractivity contribution in [2.24, 2.45) is 5.73 Å². The number of hydrogen-bond acceptors (Lipinski definition) is 3. The maximum atomic E-state index is 13.8. The van der Waals surface area contributed by atoms with Gasteiger partial charge in [0.2, 0.25) is 0 Å². The van der Waals surface area contributed by atoms with Crippen LogP contribution in [-0.4, -0.2) is 0 Å². The molecule has 0 spiro atoms. The molecule has 0 saturated heterocycles. The monoisotopic (exact) mass is 256 g/mol. The largest absolute Gasteiger partial charge is 0.454 e. The number of hydrogen-bond donors (Lipinski definition) is 1. The van der Waals surface area contributed by atoms with Gasteiger partial charge in [-0.1, -0.05) is 12.1 Å². The van der Waals surface area contributed by atoms with Crippen molar-refractivity contribution in [2.75, 3.05) is 0 Å². The summed E-state index contributed by atoms with van der Waals surface area (Å²) in [7, 11) is 0. The first-order valence-corrected chi connectivity index (χ1v) is 5.83. The summed E-state index contributed by atoms with van der Waals surface area (Å²) in [5.74, 6) is 0.0585. The fraction of sp³-hybridized carbons (Fsp3) is 0.133. The van der Waals surface area contributed by atoms with Gasteiger partial charge in [0.1, 0.15) is 5.75 Å². The molecule has 0 bridgehead atoms. The van der Waals surface area contributed by atoms with E-state index in [9.17, 15) is 4.39 Å². The average Bonchev–Trinajstić information content (AvgIpc) is 2.41. The maximum absolute atomic E-state index is 13.8. The third-order valence-electron chi connectivity index (χ3n) is 2.67. The summed E-state index contributed by atoms with van der Waals surface area (Å²) in [6.07, 6.45) is 0. The first kappa shape index (κ1) is 13.1. The topological polar surface area (TPSA) is 59.0 Å². The highest BCUT2D eigenvalue weighted by Gasteiger charge is 2.08. The normalized spacial score (nSPS) is 11.7. The molecule has 1 atom stereocenters. The third-order valence-corrected chi connectivity index (χ3v) is 2.67. The van der Waals surface area contributed by atoms with Crippen LogP contribution < -0.4 is 10.5 Å². The van der Waals surface area contributed by atoms with E-state index in [2.05, 4.69) is 0 Å². The van der Waals surface area contributed by atoms with Gasteiger partial charge in [-0.3, -0.25) is 0 Å². The average molecular weight is 256 g/mol. The lowest BCUT2D eigenvalue weighted by atomic mass is 10.1. The molecular formula is C15H13FN2O. The van der Waals surface area contributed by atoms with E-state index in [1.54, 1.807) is 37.3 Å². The smallest absolute Gasteiger partial charge is 0.166 e. The van der Waals surface area contributed by atoms with Crippen molar-refractivity contribution in [3.63, 3.8) is 0 Å². The Bertz CT molecular complexity index is 632. The predicted octanol–water partition coefficient (Wildman–Crippen LogP) is 3.51. The van der Waals surface area contributed by atoms with Gasteiger partial charge in [-0.2, -0.15) is 5.26 Å².